The number of benzene rings is 1. The molecule has 92 valence electrons. The van der Waals surface area contributed by atoms with Crippen LogP contribution in [-0.2, 0) is 0 Å². The SMILES string of the molecule is O=C(Nc1cc(Cl)ccn1)c1ccc(Br)c(O)c1. The van der Waals surface area contributed by atoms with Crippen LogP contribution in [0.15, 0.2) is 41.0 Å². The highest BCUT2D eigenvalue weighted by molar-refractivity contribution is 9.10. The maximum Gasteiger partial charge on any atom is 0.256 e. The predicted octanol–water partition coefficient (Wildman–Crippen LogP) is 3.46. The summed E-state index contributed by atoms with van der Waals surface area (Å²) in [6, 6.07) is 7.70. The first-order chi connectivity index (χ1) is 8.56. The van der Waals surface area contributed by atoms with Gasteiger partial charge in [0.1, 0.15) is 11.6 Å². The molecule has 2 aromatic rings. The van der Waals surface area contributed by atoms with Gasteiger partial charge in [-0.3, -0.25) is 4.79 Å². The largest absolute Gasteiger partial charge is 0.507 e. The van der Waals surface area contributed by atoms with Crippen molar-refractivity contribution >= 4 is 39.3 Å². The molecular weight excluding hydrogens is 320 g/mol. The van der Waals surface area contributed by atoms with Gasteiger partial charge in [0.25, 0.3) is 5.91 Å². The first kappa shape index (κ1) is 12.9. The van der Waals surface area contributed by atoms with Gasteiger partial charge in [0.05, 0.1) is 4.47 Å². The van der Waals surface area contributed by atoms with Crippen molar-refractivity contribution in [3.8, 4) is 5.75 Å². The molecule has 1 aromatic carbocycles. The van der Waals surface area contributed by atoms with E-state index < -0.39 is 0 Å². The minimum absolute atomic E-state index is 0.00158. The van der Waals surface area contributed by atoms with Crippen molar-refractivity contribution in [2.75, 3.05) is 5.32 Å². The van der Waals surface area contributed by atoms with Gasteiger partial charge in [0, 0.05) is 16.8 Å². The highest BCUT2D eigenvalue weighted by atomic mass is 79.9. The lowest BCUT2D eigenvalue weighted by atomic mass is 10.2. The molecular formula is C12H8BrClN2O2. The van der Waals surface area contributed by atoms with Crippen molar-refractivity contribution in [1.82, 2.24) is 4.98 Å². The normalized spacial score (nSPS) is 10.1. The third kappa shape index (κ3) is 3.00. The van der Waals surface area contributed by atoms with Crippen LogP contribution >= 0.6 is 27.5 Å². The van der Waals surface area contributed by atoms with Crippen molar-refractivity contribution < 1.29 is 9.90 Å². The lowest BCUT2D eigenvalue weighted by Gasteiger charge is -2.05. The van der Waals surface area contributed by atoms with Crippen molar-refractivity contribution in [1.29, 1.82) is 0 Å². The van der Waals surface area contributed by atoms with Gasteiger partial charge < -0.3 is 10.4 Å². The van der Waals surface area contributed by atoms with Crippen LogP contribution in [0.4, 0.5) is 5.82 Å². The zero-order chi connectivity index (χ0) is 13.1. The number of hydrogen-bond acceptors (Lipinski definition) is 3. The van der Waals surface area contributed by atoms with Gasteiger partial charge in [0.15, 0.2) is 0 Å². The molecule has 2 rings (SSSR count). The Hall–Kier alpha value is -1.59. The van der Waals surface area contributed by atoms with Gasteiger partial charge in [-0.25, -0.2) is 4.98 Å². The summed E-state index contributed by atoms with van der Waals surface area (Å²) in [6.45, 7) is 0. The minimum Gasteiger partial charge on any atom is -0.507 e. The molecule has 0 saturated carbocycles. The Kier molecular flexibility index (Phi) is 3.84. The molecule has 0 radical (unpaired) electrons. The molecule has 0 atom stereocenters. The number of phenolic OH excluding ortho intramolecular Hbond substituents is 1. The summed E-state index contributed by atoms with van der Waals surface area (Å²) >= 11 is 8.93. The number of nitrogens with one attached hydrogen (secondary N) is 1. The van der Waals surface area contributed by atoms with E-state index in [1.54, 1.807) is 18.2 Å². The molecule has 0 fully saturated rings. The van der Waals surface area contributed by atoms with E-state index in [2.05, 4.69) is 26.2 Å². The van der Waals surface area contributed by atoms with E-state index in [1.165, 1.54) is 18.3 Å². The minimum atomic E-state index is -0.368. The number of amides is 1. The highest BCUT2D eigenvalue weighted by Crippen LogP contribution is 2.24. The third-order valence-corrected chi connectivity index (χ3v) is 3.08. The van der Waals surface area contributed by atoms with Gasteiger partial charge in [-0.2, -0.15) is 0 Å². The standard InChI is InChI=1S/C12H8BrClN2O2/c13-9-2-1-7(5-10(9)17)12(18)16-11-6-8(14)3-4-15-11/h1-6,17H,(H,15,16,18). The van der Waals surface area contributed by atoms with E-state index in [1.807, 2.05) is 0 Å². The van der Waals surface area contributed by atoms with Gasteiger partial charge in [-0.1, -0.05) is 11.6 Å². The van der Waals surface area contributed by atoms with E-state index in [-0.39, 0.29) is 11.7 Å². The van der Waals surface area contributed by atoms with Crippen LogP contribution in [-0.4, -0.2) is 16.0 Å². The molecule has 0 unspecified atom stereocenters. The molecule has 6 heteroatoms. The average molecular weight is 328 g/mol. The molecule has 0 bridgehead atoms. The summed E-state index contributed by atoms with van der Waals surface area (Å²) in [5.41, 5.74) is 0.331. The second-order valence-electron chi connectivity index (χ2n) is 3.48. The zero-order valence-electron chi connectivity index (χ0n) is 9.02. The topological polar surface area (TPSA) is 62.2 Å². The smallest absolute Gasteiger partial charge is 0.256 e. The molecule has 4 nitrogen and oxygen atoms in total. The van der Waals surface area contributed by atoms with Crippen molar-refractivity contribution in [3.63, 3.8) is 0 Å². The summed E-state index contributed by atoms with van der Waals surface area (Å²) in [6.07, 6.45) is 1.50. The van der Waals surface area contributed by atoms with E-state index in [4.69, 9.17) is 11.6 Å². The number of carbonyl (C=O) groups excluding carboxylic acids is 1. The summed E-state index contributed by atoms with van der Waals surface area (Å²) in [4.78, 5) is 15.8. The number of carbonyl (C=O) groups is 1. The first-order valence-corrected chi connectivity index (χ1v) is 6.15. The fourth-order valence-corrected chi connectivity index (χ4v) is 1.72. The van der Waals surface area contributed by atoms with E-state index in [9.17, 15) is 9.90 Å². The second kappa shape index (κ2) is 5.37. The molecule has 0 spiro atoms. The summed E-state index contributed by atoms with van der Waals surface area (Å²) in [5, 5.41) is 12.6. The Bertz CT molecular complexity index is 604. The van der Waals surface area contributed by atoms with Crippen LogP contribution in [0.1, 0.15) is 10.4 Å². The molecule has 18 heavy (non-hydrogen) atoms. The number of hydrogen-bond donors (Lipinski definition) is 2. The molecule has 0 aliphatic carbocycles. The van der Waals surface area contributed by atoms with Gasteiger partial charge in [-0.15, -0.1) is 0 Å². The molecule has 0 aliphatic rings. The maximum atomic E-state index is 11.9. The molecule has 1 heterocycles. The summed E-state index contributed by atoms with van der Waals surface area (Å²) < 4.78 is 0.528. The van der Waals surface area contributed by atoms with Crippen LogP contribution in [0, 0.1) is 0 Å². The first-order valence-electron chi connectivity index (χ1n) is 4.97. The maximum absolute atomic E-state index is 11.9. The lowest BCUT2D eigenvalue weighted by molar-refractivity contribution is 0.102. The third-order valence-electron chi connectivity index (χ3n) is 2.17. The second-order valence-corrected chi connectivity index (χ2v) is 4.77. The number of halogens is 2. The number of pyridine rings is 1. The Morgan fingerprint density at radius 2 is 2.11 bits per heavy atom. The Balaban J connectivity index is 2.19. The number of rotatable bonds is 2. The molecule has 0 aliphatic heterocycles. The Morgan fingerprint density at radius 1 is 1.33 bits per heavy atom. The Morgan fingerprint density at radius 3 is 2.78 bits per heavy atom. The van der Waals surface area contributed by atoms with E-state index in [0.717, 1.165) is 0 Å². The van der Waals surface area contributed by atoms with Crippen LogP contribution in [0.5, 0.6) is 5.75 Å². The van der Waals surface area contributed by atoms with Gasteiger partial charge in [-0.05, 0) is 46.3 Å². The lowest BCUT2D eigenvalue weighted by Crippen LogP contribution is -2.12. The number of aromatic nitrogens is 1. The quantitative estimate of drug-likeness (QED) is 0.888. The van der Waals surface area contributed by atoms with Crippen LogP contribution < -0.4 is 5.32 Å². The number of aromatic hydroxyl groups is 1. The van der Waals surface area contributed by atoms with Crippen LogP contribution in [0.25, 0.3) is 0 Å². The fourth-order valence-electron chi connectivity index (χ4n) is 1.32. The van der Waals surface area contributed by atoms with Gasteiger partial charge >= 0.3 is 0 Å². The predicted molar refractivity (Wildman–Crippen MR) is 73.0 cm³/mol. The van der Waals surface area contributed by atoms with E-state index in [0.29, 0.717) is 20.9 Å². The van der Waals surface area contributed by atoms with E-state index >= 15 is 0 Å². The van der Waals surface area contributed by atoms with Crippen molar-refractivity contribution in [2.24, 2.45) is 0 Å². The number of nitrogens with zero attached hydrogens (tertiary/aromatic N) is 1. The van der Waals surface area contributed by atoms with Crippen molar-refractivity contribution in [3.05, 3.63) is 51.6 Å². The summed E-state index contributed by atoms with van der Waals surface area (Å²) in [7, 11) is 0. The highest BCUT2D eigenvalue weighted by Gasteiger charge is 2.09. The molecule has 1 aromatic heterocycles. The number of anilines is 1. The molecule has 2 N–H and O–H groups in total. The van der Waals surface area contributed by atoms with Crippen molar-refractivity contribution in [2.45, 2.75) is 0 Å². The Labute approximate surface area is 117 Å². The van der Waals surface area contributed by atoms with Gasteiger partial charge in [0.2, 0.25) is 0 Å². The van der Waals surface area contributed by atoms with Crippen LogP contribution in [0.3, 0.4) is 0 Å². The molecule has 1 amide bonds. The zero-order valence-corrected chi connectivity index (χ0v) is 11.4. The monoisotopic (exact) mass is 326 g/mol. The average Bonchev–Trinajstić information content (AvgIpc) is 2.32. The number of phenols is 1. The fraction of sp³-hybridized carbons (Fsp3) is 0. The molecule has 0 saturated heterocycles. The van der Waals surface area contributed by atoms with Crippen LogP contribution in [0.2, 0.25) is 5.02 Å². The summed E-state index contributed by atoms with van der Waals surface area (Å²) in [5.74, 6) is -0.0100.